The molecule has 0 N–H and O–H groups in total. The fourth-order valence-electron chi connectivity index (χ4n) is 0.895. The minimum atomic E-state index is -0.631. The molecule has 0 saturated carbocycles. The van der Waals surface area contributed by atoms with Gasteiger partial charge in [0, 0.05) is 6.61 Å². The summed E-state index contributed by atoms with van der Waals surface area (Å²) in [5, 5.41) is 0. The molecule has 0 amide bonds. The molecule has 0 heterocycles. The summed E-state index contributed by atoms with van der Waals surface area (Å²) in [6, 6.07) is 0. The highest BCUT2D eigenvalue weighted by molar-refractivity contribution is 5.60. The van der Waals surface area contributed by atoms with Gasteiger partial charge in [0.15, 0.2) is 0 Å². The molecule has 0 spiro atoms. The van der Waals surface area contributed by atoms with Crippen LogP contribution in [0.5, 0.6) is 0 Å². The van der Waals surface area contributed by atoms with Crippen LogP contribution in [0.1, 0.15) is 54.9 Å². The topological polar surface area (TPSA) is 44.8 Å². The number of hydrogen-bond acceptors (Lipinski definition) is 4. The van der Waals surface area contributed by atoms with E-state index in [0.717, 1.165) is 6.42 Å². The molecule has 0 saturated heterocycles. The highest BCUT2D eigenvalue weighted by atomic mass is 16.7. The maximum atomic E-state index is 11.3. The van der Waals surface area contributed by atoms with Crippen molar-refractivity contribution in [3.63, 3.8) is 0 Å². The first-order valence-corrected chi connectivity index (χ1v) is 6.36. The minimum absolute atomic E-state index is 0.222. The third-order valence-electron chi connectivity index (χ3n) is 1.62. The number of rotatable bonds is 5. The summed E-state index contributed by atoms with van der Waals surface area (Å²) in [7, 11) is 0. The average molecular weight is 248 g/mol. The van der Waals surface area contributed by atoms with Crippen LogP contribution in [0.3, 0.4) is 0 Å². The summed E-state index contributed by atoms with van der Waals surface area (Å²) in [6.07, 6.45) is -0.131. The number of carbonyl (C=O) groups is 1. The molecule has 4 heteroatoms. The van der Waals surface area contributed by atoms with Crippen molar-refractivity contribution in [1.29, 1.82) is 0 Å². The van der Waals surface area contributed by atoms with E-state index in [0.29, 0.717) is 13.2 Å². The van der Waals surface area contributed by atoms with Crippen LogP contribution >= 0.6 is 0 Å². The van der Waals surface area contributed by atoms with Gasteiger partial charge in [0.2, 0.25) is 0 Å². The fourth-order valence-corrected chi connectivity index (χ4v) is 0.895. The van der Waals surface area contributed by atoms with Gasteiger partial charge >= 0.3 is 6.16 Å². The molecule has 0 aromatic rings. The van der Waals surface area contributed by atoms with Crippen LogP contribution in [-0.2, 0) is 14.2 Å². The Morgan fingerprint density at radius 2 is 1.71 bits per heavy atom. The molecule has 0 aliphatic carbocycles. The van der Waals surface area contributed by atoms with Crippen LogP contribution in [0, 0.1) is 0 Å². The van der Waals surface area contributed by atoms with Crippen molar-refractivity contribution in [1.82, 2.24) is 0 Å². The summed E-state index contributed by atoms with van der Waals surface area (Å²) in [4.78, 5) is 11.3. The SMILES string of the molecule is CC.CCOCC(CC)OC(=O)OC(C)(C)C. The fraction of sp³-hybridized carbons (Fsp3) is 0.923. The van der Waals surface area contributed by atoms with Crippen molar-refractivity contribution >= 4 is 6.16 Å². The molecule has 0 radical (unpaired) electrons. The van der Waals surface area contributed by atoms with Crippen molar-refractivity contribution in [3.8, 4) is 0 Å². The molecule has 1 unspecified atom stereocenters. The first-order valence-electron chi connectivity index (χ1n) is 6.36. The van der Waals surface area contributed by atoms with Crippen LogP contribution < -0.4 is 0 Å². The van der Waals surface area contributed by atoms with Crippen molar-refractivity contribution in [3.05, 3.63) is 0 Å². The lowest BCUT2D eigenvalue weighted by atomic mass is 10.2. The normalized spacial score (nSPS) is 12.2. The lowest BCUT2D eigenvalue weighted by Crippen LogP contribution is -2.29. The van der Waals surface area contributed by atoms with E-state index in [-0.39, 0.29) is 6.10 Å². The van der Waals surface area contributed by atoms with Gasteiger partial charge in [0.1, 0.15) is 11.7 Å². The van der Waals surface area contributed by atoms with Crippen molar-refractivity contribution in [2.75, 3.05) is 13.2 Å². The molecule has 0 fully saturated rings. The maximum Gasteiger partial charge on any atom is 0.509 e. The standard InChI is InChI=1S/C11H22O4.C2H6/c1-6-9(8-13-7-2)14-10(12)15-11(3,4)5;1-2/h9H,6-8H2,1-5H3;1-2H3. The number of hydrogen-bond donors (Lipinski definition) is 0. The van der Waals surface area contributed by atoms with Crippen LogP contribution in [-0.4, -0.2) is 31.1 Å². The van der Waals surface area contributed by atoms with Gasteiger partial charge in [-0.25, -0.2) is 4.79 Å². The molecule has 4 nitrogen and oxygen atoms in total. The van der Waals surface area contributed by atoms with Gasteiger partial charge in [-0.2, -0.15) is 0 Å². The van der Waals surface area contributed by atoms with Crippen LogP contribution in [0.4, 0.5) is 4.79 Å². The molecular weight excluding hydrogens is 220 g/mol. The van der Waals surface area contributed by atoms with Crippen LogP contribution in [0.25, 0.3) is 0 Å². The summed E-state index contributed by atoms with van der Waals surface area (Å²) in [5.41, 5.74) is -0.513. The van der Waals surface area contributed by atoms with E-state index in [4.69, 9.17) is 14.2 Å². The van der Waals surface area contributed by atoms with E-state index < -0.39 is 11.8 Å². The van der Waals surface area contributed by atoms with Gasteiger partial charge in [-0.1, -0.05) is 20.8 Å². The number of carbonyl (C=O) groups excluding carboxylic acids is 1. The smallest absolute Gasteiger partial charge is 0.429 e. The molecule has 104 valence electrons. The second kappa shape index (κ2) is 10.4. The lowest BCUT2D eigenvalue weighted by Gasteiger charge is -2.21. The zero-order valence-corrected chi connectivity index (χ0v) is 12.3. The Labute approximate surface area is 106 Å². The van der Waals surface area contributed by atoms with Crippen LogP contribution in [0.15, 0.2) is 0 Å². The predicted molar refractivity (Wildman–Crippen MR) is 69.2 cm³/mol. The first-order chi connectivity index (χ1) is 7.89. The second-order valence-corrected chi connectivity index (χ2v) is 4.27. The van der Waals surface area contributed by atoms with Crippen molar-refractivity contribution in [2.45, 2.75) is 66.6 Å². The predicted octanol–water partition coefficient (Wildman–Crippen LogP) is 3.78. The van der Waals surface area contributed by atoms with E-state index in [1.165, 1.54) is 0 Å². The molecule has 0 bridgehead atoms. The van der Waals surface area contributed by atoms with Gasteiger partial charge in [-0.05, 0) is 34.1 Å². The number of ether oxygens (including phenoxy) is 3. The molecule has 0 aromatic carbocycles. The minimum Gasteiger partial charge on any atom is -0.429 e. The highest BCUT2D eigenvalue weighted by Crippen LogP contribution is 2.10. The first kappa shape index (κ1) is 18.6. The Balaban J connectivity index is 0. The monoisotopic (exact) mass is 248 g/mol. The van der Waals surface area contributed by atoms with E-state index in [9.17, 15) is 4.79 Å². The summed E-state index contributed by atoms with van der Waals surface area (Å²) in [5.74, 6) is 0. The zero-order valence-electron chi connectivity index (χ0n) is 12.3. The molecule has 0 aromatic heterocycles. The van der Waals surface area contributed by atoms with E-state index in [1.54, 1.807) is 20.8 Å². The average Bonchev–Trinajstić information content (AvgIpc) is 2.24. The van der Waals surface area contributed by atoms with Crippen molar-refractivity contribution in [2.24, 2.45) is 0 Å². The summed E-state index contributed by atoms with van der Waals surface area (Å²) < 4.78 is 15.3. The zero-order chi connectivity index (χ0) is 13.9. The Morgan fingerprint density at radius 3 is 2.06 bits per heavy atom. The molecular formula is C13H28O4. The Hall–Kier alpha value is -0.770. The second-order valence-electron chi connectivity index (χ2n) is 4.27. The highest BCUT2D eigenvalue weighted by Gasteiger charge is 2.20. The van der Waals surface area contributed by atoms with E-state index in [2.05, 4.69) is 0 Å². The Morgan fingerprint density at radius 1 is 1.18 bits per heavy atom. The summed E-state index contributed by atoms with van der Waals surface area (Å²) >= 11 is 0. The van der Waals surface area contributed by atoms with E-state index in [1.807, 2.05) is 27.7 Å². The quantitative estimate of drug-likeness (QED) is 0.694. The Kier molecular flexibility index (Phi) is 11.4. The molecule has 17 heavy (non-hydrogen) atoms. The van der Waals surface area contributed by atoms with Gasteiger partial charge in [-0.3, -0.25) is 0 Å². The van der Waals surface area contributed by atoms with Gasteiger partial charge in [-0.15, -0.1) is 0 Å². The molecule has 0 aliphatic rings. The van der Waals surface area contributed by atoms with Gasteiger partial charge in [0.25, 0.3) is 0 Å². The van der Waals surface area contributed by atoms with Gasteiger partial charge in [0.05, 0.1) is 6.61 Å². The van der Waals surface area contributed by atoms with Crippen LogP contribution in [0.2, 0.25) is 0 Å². The van der Waals surface area contributed by atoms with Gasteiger partial charge < -0.3 is 14.2 Å². The third kappa shape index (κ3) is 13.2. The lowest BCUT2D eigenvalue weighted by molar-refractivity contribution is -0.0472. The maximum absolute atomic E-state index is 11.3. The summed E-state index contributed by atoms with van der Waals surface area (Å²) in [6.45, 7) is 14.3. The molecule has 0 rings (SSSR count). The molecule has 0 aliphatic heterocycles. The van der Waals surface area contributed by atoms with Crippen molar-refractivity contribution < 1.29 is 19.0 Å². The molecule has 1 atom stereocenters. The largest absolute Gasteiger partial charge is 0.509 e. The Bertz CT molecular complexity index is 184. The van der Waals surface area contributed by atoms with E-state index >= 15 is 0 Å². The third-order valence-corrected chi connectivity index (χ3v) is 1.62.